The van der Waals surface area contributed by atoms with Crippen molar-refractivity contribution in [2.75, 3.05) is 20.1 Å². The van der Waals surface area contributed by atoms with Crippen molar-refractivity contribution < 1.29 is 4.79 Å². The lowest BCUT2D eigenvalue weighted by molar-refractivity contribution is -0.160. The van der Waals surface area contributed by atoms with Crippen molar-refractivity contribution >= 4 is 5.91 Å². The molecule has 21 heavy (non-hydrogen) atoms. The van der Waals surface area contributed by atoms with E-state index in [-0.39, 0.29) is 0 Å². The quantitative estimate of drug-likeness (QED) is 0.846. The van der Waals surface area contributed by atoms with Gasteiger partial charge in [0.2, 0.25) is 5.91 Å². The zero-order chi connectivity index (χ0) is 15.3. The second-order valence-electron chi connectivity index (χ2n) is 9.26. The van der Waals surface area contributed by atoms with Gasteiger partial charge < -0.3 is 10.6 Å². The summed E-state index contributed by atoms with van der Waals surface area (Å²) in [7, 11) is 1.95. The molecule has 3 heteroatoms. The van der Waals surface area contributed by atoms with Crippen molar-refractivity contribution in [2.45, 2.75) is 65.2 Å². The van der Waals surface area contributed by atoms with Crippen molar-refractivity contribution in [1.29, 1.82) is 0 Å². The molecule has 0 aromatic carbocycles. The van der Waals surface area contributed by atoms with E-state index in [4.69, 9.17) is 5.73 Å². The molecule has 4 fully saturated rings. The van der Waals surface area contributed by atoms with Crippen LogP contribution in [0.15, 0.2) is 0 Å². The molecule has 2 unspecified atom stereocenters. The van der Waals surface area contributed by atoms with Gasteiger partial charge in [-0.3, -0.25) is 4.79 Å². The zero-order valence-electron chi connectivity index (χ0n) is 14.1. The van der Waals surface area contributed by atoms with E-state index in [1.807, 2.05) is 11.9 Å². The summed E-state index contributed by atoms with van der Waals surface area (Å²) >= 11 is 0. The number of nitrogens with zero attached hydrogens (tertiary/aromatic N) is 1. The first-order valence-electron chi connectivity index (χ1n) is 8.71. The maximum Gasteiger partial charge on any atom is 0.222 e. The fraction of sp³-hybridized carbons (Fsp3) is 0.944. The molecule has 1 amide bonds. The second-order valence-corrected chi connectivity index (χ2v) is 9.26. The van der Waals surface area contributed by atoms with Crippen molar-refractivity contribution in [3.05, 3.63) is 0 Å². The highest BCUT2D eigenvalue weighted by molar-refractivity contribution is 5.76. The number of amides is 1. The van der Waals surface area contributed by atoms with E-state index in [1.54, 1.807) is 0 Å². The first-order chi connectivity index (χ1) is 9.77. The predicted molar refractivity (Wildman–Crippen MR) is 85.8 cm³/mol. The molecule has 0 aromatic rings. The first-order valence-corrected chi connectivity index (χ1v) is 8.71. The van der Waals surface area contributed by atoms with E-state index in [1.165, 1.54) is 38.5 Å². The van der Waals surface area contributed by atoms with E-state index >= 15 is 0 Å². The Labute approximate surface area is 129 Å². The normalized spacial score (nSPS) is 44.1. The van der Waals surface area contributed by atoms with Crippen molar-refractivity contribution in [2.24, 2.45) is 27.9 Å². The topological polar surface area (TPSA) is 46.3 Å². The van der Waals surface area contributed by atoms with Crippen LogP contribution in [0.3, 0.4) is 0 Å². The van der Waals surface area contributed by atoms with Gasteiger partial charge in [0.1, 0.15) is 0 Å². The van der Waals surface area contributed by atoms with Crippen molar-refractivity contribution in [3.63, 3.8) is 0 Å². The Balaban J connectivity index is 1.71. The van der Waals surface area contributed by atoms with E-state index in [0.717, 1.165) is 25.3 Å². The van der Waals surface area contributed by atoms with Crippen LogP contribution in [-0.2, 0) is 4.79 Å². The summed E-state index contributed by atoms with van der Waals surface area (Å²) in [6.45, 7) is 6.44. The van der Waals surface area contributed by atoms with Crippen molar-refractivity contribution in [3.8, 4) is 0 Å². The molecule has 0 radical (unpaired) electrons. The van der Waals surface area contributed by atoms with E-state index in [9.17, 15) is 4.79 Å². The Morgan fingerprint density at radius 3 is 2.29 bits per heavy atom. The summed E-state index contributed by atoms with van der Waals surface area (Å²) in [6.07, 6.45) is 9.74. The fourth-order valence-corrected chi connectivity index (χ4v) is 6.79. The molecular weight excluding hydrogens is 260 g/mol. The smallest absolute Gasteiger partial charge is 0.222 e. The minimum absolute atomic E-state index is 0.303. The number of carbonyl (C=O) groups excluding carboxylic acids is 1. The highest BCUT2D eigenvalue weighted by atomic mass is 16.2. The molecule has 4 bridgehead atoms. The zero-order valence-corrected chi connectivity index (χ0v) is 14.1. The standard InChI is InChI=1S/C18H32N2O/c1-16-7-14-8-17(2,11-16)13-18(9-14,12-16)10-15(21)20(3)6-4-5-19/h14H,4-13,19H2,1-3H3. The predicted octanol–water partition coefficient (Wildman–Crippen LogP) is 3.18. The highest BCUT2D eigenvalue weighted by Gasteiger charge is 2.60. The monoisotopic (exact) mass is 292 g/mol. The molecule has 0 aliphatic heterocycles. The Morgan fingerprint density at radius 2 is 1.76 bits per heavy atom. The molecule has 0 heterocycles. The minimum atomic E-state index is 0.303. The highest BCUT2D eigenvalue weighted by Crippen LogP contribution is 2.70. The van der Waals surface area contributed by atoms with E-state index < -0.39 is 0 Å². The molecular formula is C18H32N2O. The summed E-state index contributed by atoms with van der Waals surface area (Å²) in [5.41, 5.74) is 6.87. The third-order valence-corrected chi connectivity index (χ3v) is 6.39. The molecule has 4 rings (SSSR count). The number of hydrogen-bond donors (Lipinski definition) is 1. The Hall–Kier alpha value is -0.570. The minimum Gasteiger partial charge on any atom is -0.346 e. The molecule has 4 saturated carbocycles. The van der Waals surface area contributed by atoms with E-state index in [0.29, 0.717) is 28.7 Å². The average molecular weight is 292 g/mol. The van der Waals surface area contributed by atoms with Gasteiger partial charge in [0.25, 0.3) is 0 Å². The lowest BCUT2D eigenvalue weighted by Gasteiger charge is -2.65. The maximum atomic E-state index is 12.6. The molecule has 2 atom stereocenters. The molecule has 4 aliphatic rings. The van der Waals surface area contributed by atoms with Crippen LogP contribution >= 0.6 is 0 Å². The molecule has 2 N–H and O–H groups in total. The lowest BCUT2D eigenvalue weighted by atomic mass is 9.40. The van der Waals surface area contributed by atoms with Crippen LogP contribution in [0.1, 0.15) is 65.2 Å². The van der Waals surface area contributed by atoms with Gasteiger partial charge in [-0.2, -0.15) is 0 Å². The van der Waals surface area contributed by atoms with Gasteiger partial charge in [0.15, 0.2) is 0 Å². The number of carbonyl (C=O) groups is 1. The van der Waals surface area contributed by atoms with Gasteiger partial charge in [0, 0.05) is 20.0 Å². The van der Waals surface area contributed by atoms with Gasteiger partial charge in [-0.25, -0.2) is 0 Å². The maximum absolute atomic E-state index is 12.6. The first kappa shape index (κ1) is 15.3. The summed E-state index contributed by atoms with van der Waals surface area (Å²) in [5, 5.41) is 0. The molecule has 3 nitrogen and oxygen atoms in total. The number of nitrogens with two attached hydrogens (primary N) is 1. The van der Waals surface area contributed by atoms with E-state index in [2.05, 4.69) is 13.8 Å². The third kappa shape index (κ3) is 2.86. The number of hydrogen-bond acceptors (Lipinski definition) is 2. The van der Waals surface area contributed by atoms with Crippen molar-refractivity contribution in [1.82, 2.24) is 4.90 Å². The van der Waals surface area contributed by atoms with Gasteiger partial charge in [-0.1, -0.05) is 13.8 Å². The van der Waals surface area contributed by atoms with Crippen LogP contribution in [0, 0.1) is 22.2 Å². The largest absolute Gasteiger partial charge is 0.346 e. The molecule has 0 aromatic heterocycles. The molecule has 120 valence electrons. The SMILES string of the molecule is CN(CCCN)C(=O)CC12CC3CC(C)(CC(C)(C3)C1)C2. The Bertz CT molecular complexity index is 415. The van der Waals surface area contributed by atoms with Crippen LogP contribution < -0.4 is 5.73 Å². The van der Waals surface area contributed by atoms with Crippen LogP contribution in [0.25, 0.3) is 0 Å². The Morgan fingerprint density at radius 1 is 1.14 bits per heavy atom. The van der Waals surface area contributed by atoms with Gasteiger partial charge >= 0.3 is 0 Å². The summed E-state index contributed by atoms with van der Waals surface area (Å²) in [4.78, 5) is 14.5. The second kappa shape index (κ2) is 4.97. The fourth-order valence-electron chi connectivity index (χ4n) is 6.79. The molecule has 4 aliphatic carbocycles. The van der Waals surface area contributed by atoms with Gasteiger partial charge in [-0.05, 0) is 73.7 Å². The lowest BCUT2D eigenvalue weighted by Crippen LogP contribution is -2.56. The molecule has 0 spiro atoms. The summed E-state index contributed by atoms with van der Waals surface area (Å²) < 4.78 is 0. The average Bonchev–Trinajstić information content (AvgIpc) is 2.30. The summed E-state index contributed by atoms with van der Waals surface area (Å²) in [6, 6.07) is 0. The van der Waals surface area contributed by atoms with Crippen LogP contribution in [0.4, 0.5) is 0 Å². The van der Waals surface area contributed by atoms with Crippen LogP contribution in [0.2, 0.25) is 0 Å². The van der Waals surface area contributed by atoms with Crippen LogP contribution in [-0.4, -0.2) is 30.9 Å². The molecule has 0 saturated heterocycles. The van der Waals surface area contributed by atoms with Gasteiger partial charge in [0.05, 0.1) is 0 Å². The summed E-state index contributed by atoms with van der Waals surface area (Å²) in [5.74, 6) is 1.22. The number of rotatable bonds is 5. The third-order valence-electron chi connectivity index (χ3n) is 6.39. The van der Waals surface area contributed by atoms with Gasteiger partial charge in [-0.15, -0.1) is 0 Å². The van der Waals surface area contributed by atoms with Crippen LogP contribution in [0.5, 0.6) is 0 Å². The Kier molecular flexibility index (Phi) is 3.63.